The predicted molar refractivity (Wildman–Crippen MR) is 79.1 cm³/mol. The second kappa shape index (κ2) is 5.25. The standard InChI is InChI=1S/C18H16O/c19-18(16-7-2-1-3-8-16)13-14-10-11-15-6-4-5-9-17(15)12-14/h1-12,18-19H,13H2/t18-/m1/s1. The molecule has 1 nitrogen and oxygen atoms in total. The highest BCUT2D eigenvalue weighted by Crippen LogP contribution is 2.21. The summed E-state index contributed by atoms with van der Waals surface area (Å²) in [4.78, 5) is 0. The molecular formula is C18H16O. The van der Waals surface area contributed by atoms with Crippen LogP contribution >= 0.6 is 0 Å². The van der Waals surface area contributed by atoms with Crippen molar-refractivity contribution in [3.63, 3.8) is 0 Å². The van der Waals surface area contributed by atoms with Crippen molar-refractivity contribution in [3.8, 4) is 0 Å². The van der Waals surface area contributed by atoms with E-state index in [0.29, 0.717) is 6.42 Å². The molecule has 3 aromatic rings. The zero-order valence-corrected chi connectivity index (χ0v) is 10.7. The quantitative estimate of drug-likeness (QED) is 0.739. The van der Waals surface area contributed by atoms with Gasteiger partial charge < -0.3 is 5.11 Å². The topological polar surface area (TPSA) is 20.2 Å². The van der Waals surface area contributed by atoms with E-state index >= 15 is 0 Å². The lowest BCUT2D eigenvalue weighted by atomic mass is 9.99. The zero-order chi connectivity index (χ0) is 13.1. The molecule has 0 aliphatic heterocycles. The summed E-state index contributed by atoms with van der Waals surface area (Å²) in [5, 5.41) is 12.7. The van der Waals surface area contributed by atoms with E-state index in [0.717, 1.165) is 11.1 Å². The fourth-order valence-corrected chi connectivity index (χ4v) is 2.38. The van der Waals surface area contributed by atoms with Crippen molar-refractivity contribution >= 4 is 10.8 Å². The lowest BCUT2D eigenvalue weighted by molar-refractivity contribution is 0.178. The molecule has 0 heterocycles. The normalized spacial score (nSPS) is 12.5. The number of hydrogen-bond acceptors (Lipinski definition) is 1. The fraction of sp³-hybridized carbons (Fsp3) is 0.111. The van der Waals surface area contributed by atoms with Gasteiger partial charge in [0.1, 0.15) is 0 Å². The molecule has 0 aliphatic carbocycles. The van der Waals surface area contributed by atoms with Gasteiger partial charge in [0.15, 0.2) is 0 Å². The van der Waals surface area contributed by atoms with Crippen molar-refractivity contribution in [2.75, 3.05) is 0 Å². The van der Waals surface area contributed by atoms with Gasteiger partial charge in [-0.2, -0.15) is 0 Å². The van der Waals surface area contributed by atoms with E-state index in [9.17, 15) is 5.11 Å². The summed E-state index contributed by atoms with van der Waals surface area (Å²) >= 11 is 0. The second-order valence-electron chi connectivity index (χ2n) is 4.81. The van der Waals surface area contributed by atoms with Gasteiger partial charge in [-0.25, -0.2) is 0 Å². The summed E-state index contributed by atoms with van der Waals surface area (Å²) in [7, 11) is 0. The predicted octanol–water partition coefficient (Wildman–Crippen LogP) is 4.12. The molecule has 19 heavy (non-hydrogen) atoms. The number of aliphatic hydroxyl groups excluding tert-OH is 1. The van der Waals surface area contributed by atoms with E-state index in [2.05, 4.69) is 30.3 Å². The van der Waals surface area contributed by atoms with Crippen LogP contribution in [0.4, 0.5) is 0 Å². The van der Waals surface area contributed by atoms with Crippen LogP contribution in [0.25, 0.3) is 10.8 Å². The van der Waals surface area contributed by atoms with Gasteiger partial charge in [-0.15, -0.1) is 0 Å². The maximum atomic E-state index is 10.2. The zero-order valence-electron chi connectivity index (χ0n) is 10.7. The first-order valence-corrected chi connectivity index (χ1v) is 6.53. The highest BCUT2D eigenvalue weighted by molar-refractivity contribution is 5.82. The molecular weight excluding hydrogens is 232 g/mol. The average molecular weight is 248 g/mol. The van der Waals surface area contributed by atoms with Gasteiger partial charge in [-0.05, 0) is 21.9 Å². The van der Waals surface area contributed by atoms with Crippen LogP contribution < -0.4 is 0 Å². The van der Waals surface area contributed by atoms with Crippen molar-refractivity contribution in [2.45, 2.75) is 12.5 Å². The molecule has 0 radical (unpaired) electrons. The summed E-state index contributed by atoms with van der Waals surface area (Å²) in [5.74, 6) is 0. The van der Waals surface area contributed by atoms with E-state index < -0.39 is 6.10 Å². The molecule has 0 aromatic heterocycles. The fourth-order valence-electron chi connectivity index (χ4n) is 2.38. The molecule has 1 atom stereocenters. The summed E-state index contributed by atoms with van der Waals surface area (Å²) in [6, 6.07) is 24.5. The Balaban J connectivity index is 1.85. The Morgan fingerprint density at radius 2 is 1.42 bits per heavy atom. The highest BCUT2D eigenvalue weighted by atomic mass is 16.3. The Morgan fingerprint density at radius 1 is 0.737 bits per heavy atom. The Labute approximate surface area is 113 Å². The summed E-state index contributed by atoms with van der Waals surface area (Å²) in [6.45, 7) is 0. The average Bonchev–Trinajstić information content (AvgIpc) is 2.48. The minimum Gasteiger partial charge on any atom is -0.388 e. The third-order valence-electron chi connectivity index (χ3n) is 3.43. The van der Waals surface area contributed by atoms with Crippen molar-refractivity contribution in [3.05, 3.63) is 83.9 Å². The van der Waals surface area contributed by atoms with Gasteiger partial charge in [0.25, 0.3) is 0 Å². The van der Waals surface area contributed by atoms with Crippen LogP contribution in [-0.4, -0.2) is 5.11 Å². The second-order valence-corrected chi connectivity index (χ2v) is 4.81. The van der Waals surface area contributed by atoms with E-state index in [1.54, 1.807) is 0 Å². The Bertz CT molecular complexity index is 673. The Hall–Kier alpha value is -2.12. The summed E-state index contributed by atoms with van der Waals surface area (Å²) in [5.41, 5.74) is 2.13. The van der Waals surface area contributed by atoms with Crippen molar-refractivity contribution in [1.82, 2.24) is 0 Å². The monoisotopic (exact) mass is 248 g/mol. The number of fused-ring (bicyclic) bond motifs is 1. The SMILES string of the molecule is O[C@H](Cc1ccc2ccccc2c1)c1ccccc1. The molecule has 0 amide bonds. The molecule has 0 saturated carbocycles. The van der Waals surface area contributed by atoms with Gasteiger partial charge in [0.05, 0.1) is 6.10 Å². The largest absolute Gasteiger partial charge is 0.388 e. The molecule has 1 N–H and O–H groups in total. The summed E-state index contributed by atoms with van der Waals surface area (Å²) in [6.07, 6.45) is 0.205. The van der Waals surface area contributed by atoms with E-state index in [4.69, 9.17) is 0 Å². The molecule has 0 unspecified atom stereocenters. The molecule has 0 bridgehead atoms. The first-order chi connectivity index (χ1) is 9.33. The highest BCUT2D eigenvalue weighted by Gasteiger charge is 2.08. The minimum atomic E-state index is -0.442. The molecule has 3 aromatic carbocycles. The van der Waals surface area contributed by atoms with Gasteiger partial charge in [-0.3, -0.25) is 0 Å². The number of rotatable bonds is 3. The van der Waals surface area contributed by atoms with Crippen molar-refractivity contribution in [2.24, 2.45) is 0 Å². The smallest absolute Gasteiger partial charge is 0.0830 e. The molecule has 0 fully saturated rings. The first kappa shape index (κ1) is 11.9. The Kier molecular flexibility index (Phi) is 3.30. The molecule has 0 saturated heterocycles. The molecule has 94 valence electrons. The van der Waals surface area contributed by atoms with Crippen molar-refractivity contribution in [1.29, 1.82) is 0 Å². The van der Waals surface area contributed by atoms with Gasteiger partial charge in [-0.1, -0.05) is 72.8 Å². The van der Waals surface area contributed by atoms with Crippen LogP contribution in [0.1, 0.15) is 17.2 Å². The van der Waals surface area contributed by atoms with Crippen LogP contribution in [0, 0.1) is 0 Å². The molecule has 0 aliphatic rings. The number of aliphatic hydroxyl groups is 1. The van der Waals surface area contributed by atoms with Crippen LogP contribution in [0.5, 0.6) is 0 Å². The van der Waals surface area contributed by atoms with E-state index in [-0.39, 0.29) is 0 Å². The van der Waals surface area contributed by atoms with E-state index in [1.165, 1.54) is 10.8 Å². The summed E-state index contributed by atoms with van der Waals surface area (Å²) < 4.78 is 0. The third-order valence-corrected chi connectivity index (χ3v) is 3.43. The minimum absolute atomic E-state index is 0.442. The van der Waals surface area contributed by atoms with Crippen LogP contribution in [0.3, 0.4) is 0 Å². The van der Waals surface area contributed by atoms with Crippen LogP contribution in [0.15, 0.2) is 72.8 Å². The van der Waals surface area contributed by atoms with Crippen LogP contribution in [-0.2, 0) is 6.42 Å². The maximum absolute atomic E-state index is 10.2. The van der Waals surface area contributed by atoms with Gasteiger partial charge in [0.2, 0.25) is 0 Å². The van der Waals surface area contributed by atoms with Gasteiger partial charge in [0, 0.05) is 6.42 Å². The van der Waals surface area contributed by atoms with E-state index in [1.807, 2.05) is 42.5 Å². The lowest BCUT2D eigenvalue weighted by Crippen LogP contribution is -2.01. The number of benzene rings is 3. The molecule has 1 heteroatoms. The molecule has 0 spiro atoms. The Morgan fingerprint density at radius 3 is 2.21 bits per heavy atom. The van der Waals surface area contributed by atoms with Crippen LogP contribution in [0.2, 0.25) is 0 Å². The maximum Gasteiger partial charge on any atom is 0.0830 e. The van der Waals surface area contributed by atoms with Gasteiger partial charge >= 0.3 is 0 Å². The first-order valence-electron chi connectivity index (χ1n) is 6.53. The third kappa shape index (κ3) is 2.67. The number of hydrogen-bond donors (Lipinski definition) is 1. The molecule has 3 rings (SSSR count). The van der Waals surface area contributed by atoms with Crippen molar-refractivity contribution < 1.29 is 5.11 Å². The lowest BCUT2D eigenvalue weighted by Gasteiger charge is -2.11.